The molecule has 1 aromatic rings. The second-order valence-electron chi connectivity index (χ2n) is 4.02. The van der Waals surface area contributed by atoms with Crippen molar-refractivity contribution in [1.29, 1.82) is 0 Å². The Morgan fingerprint density at radius 1 is 1.73 bits per heavy atom. The number of imidazole rings is 1. The molecule has 2 atom stereocenters. The highest BCUT2D eigenvalue weighted by molar-refractivity contribution is 4.96. The largest absolute Gasteiger partial charge is 0.380 e. The quantitative estimate of drug-likeness (QED) is 0.792. The van der Waals surface area contributed by atoms with Crippen LogP contribution in [-0.2, 0) is 4.74 Å². The van der Waals surface area contributed by atoms with E-state index >= 15 is 0 Å². The Hall–Kier alpha value is -0.870. The van der Waals surface area contributed by atoms with E-state index in [1.165, 1.54) is 6.42 Å². The number of aromatic amines is 1. The van der Waals surface area contributed by atoms with Gasteiger partial charge in [-0.1, -0.05) is 6.92 Å². The SMILES string of the molecule is CCC(NC1CCCOC1)c1ncc[nH]1. The summed E-state index contributed by atoms with van der Waals surface area (Å²) < 4.78 is 5.45. The van der Waals surface area contributed by atoms with Crippen LogP contribution in [0.15, 0.2) is 12.4 Å². The van der Waals surface area contributed by atoms with Gasteiger partial charge in [-0.15, -0.1) is 0 Å². The van der Waals surface area contributed by atoms with E-state index in [1.54, 1.807) is 6.20 Å². The van der Waals surface area contributed by atoms with Crippen LogP contribution in [0.2, 0.25) is 0 Å². The van der Waals surface area contributed by atoms with Crippen LogP contribution in [-0.4, -0.2) is 29.2 Å². The molecule has 84 valence electrons. The summed E-state index contributed by atoms with van der Waals surface area (Å²) in [6.07, 6.45) is 7.08. The molecule has 0 bridgehead atoms. The van der Waals surface area contributed by atoms with Crippen molar-refractivity contribution < 1.29 is 4.74 Å². The van der Waals surface area contributed by atoms with E-state index < -0.39 is 0 Å². The van der Waals surface area contributed by atoms with Gasteiger partial charge in [-0.3, -0.25) is 0 Å². The molecular weight excluding hydrogens is 190 g/mol. The summed E-state index contributed by atoms with van der Waals surface area (Å²) in [5.74, 6) is 1.03. The Kier molecular flexibility index (Phi) is 3.75. The molecule has 0 radical (unpaired) electrons. The van der Waals surface area contributed by atoms with Crippen molar-refractivity contribution in [1.82, 2.24) is 15.3 Å². The Morgan fingerprint density at radius 2 is 2.67 bits per heavy atom. The number of rotatable bonds is 4. The number of H-pyrrole nitrogens is 1. The summed E-state index contributed by atoms with van der Waals surface area (Å²) >= 11 is 0. The summed E-state index contributed by atoms with van der Waals surface area (Å²) in [6, 6.07) is 0.806. The van der Waals surface area contributed by atoms with Crippen molar-refractivity contribution in [3.63, 3.8) is 0 Å². The van der Waals surface area contributed by atoms with E-state index in [4.69, 9.17) is 4.74 Å². The van der Waals surface area contributed by atoms with E-state index in [1.807, 2.05) is 6.20 Å². The smallest absolute Gasteiger partial charge is 0.123 e. The zero-order chi connectivity index (χ0) is 10.5. The molecule has 4 heteroatoms. The molecule has 15 heavy (non-hydrogen) atoms. The summed E-state index contributed by atoms with van der Waals surface area (Å²) in [5, 5.41) is 3.59. The molecular formula is C11H19N3O. The minimum atomic E-state index is 0.326. The first kappa shape index (κ1) is 10.6. The van der Waals surface area contributed by atoms with E-state index in [2.05, 4.69) is 22.2 Å². The van der Waals surface area contributed by atoms with Crippen molar-refractivity contribution in [2.45, 2.75) is 38.3 Å². The van der Waals surface area contributed by atoms with E-state index in [9.17, 15) is 0 Å². The predicted molar refractivity (Wildman–Crippen MR) is 58.6 cm³/mol. The maximum atomic E-state index is 5.45. The molecule has 0 spiro atoms. The van der Waals surface area contributed by atoms with Crippen LogP contribution in [0.3, 0.4) is 0 Å². The van der Waals surface area contributed by atoms with Crippen LogP contribution in [0.4, 0.5) is 0 Å². The van der Waals surface area contributed by atoms with Gasteiger partial charge in [-0.2, -0.15) is 0 Å². The van der Waals surface area contributed by atoms with Gasteiger partial charge in [-0.05, 0) is 19.3 Å². The van der Waals surface area contributed by atoms with Crippen LogP contribution in [0, 0.1) is 0 Å². The summed E-state index contributed by atoms with van der Waals surface area (Å²) in [4.78, 5) is 7.46. The third kappa shape index (κ3) is 2.79. The zero-order valence-corrected chi connectivity index (χ0v) is 9.20. The van der Waals surface area contributed by atoms with Gasteiger partial charge in [0.25, 0.3) is 0 Å². The third-order valence-corrected chi connectivity index (χ3v) is 2.85. The first-order chi connectivity index (χ1) is 7.40. The molecule has 2 unspecified atom stereocenters. The van der Waals surface area contributed by atoms with Gasteiger partial charge in [0.2, 0.25) is 0 Å². The van der Waals surface area contributed by atoms with Crippen LogP contribution >= 0.6 is 0 Å². The molecule has 0 amide bonds. The van der Waals surface area contributed by atoms with E-state index in [0.29, 0.717) is 12.1 Å². The normalized spacial score (nSPS) is 23.9. The summed E-state index contributed by atoms with van der Waals surface area (Å²) in [7, 11) is 0. The standard InChI is InChI=1S/C11H19N3O/c1-2-10(11-12-5-6-13-11)14-9-4-3-7-15-8-9/h5-6,9-10,14H,2-4,7-8H2,1H3,(H,12,13). The van der Waals surface area contributed by atoms with Crippen molar-refractivity contribution in [3.05, 3.63) is 18.2 Å². The number of nitrogens with one attached hydrogen (secondary N) is 2. The molecule has 2 heterocycles. The van der Waals surface area contributed by atoms with Gasteiger partial charge >= 0.3 is 0 Å². The number of ether oxygens (including phenoxy) is 1. The van der Waals surface area contributed by atoms with Gasteiger partial charge in [0.05, 0.1) is 12.6 Å². The lowest BCUT2D eigenvalue weighted by molar-refractivity contribution is 0.0657. The lowest BCUT2D eigenvalue weighted by Gasteiger charge is -2.27. The Bertz CT molecular complexity index is 267. The summed E-state index contributed by atoms with van der Waals surface area (Å²) in [6.45, 7) is 3.91. The molecule has 0 aliphatic carbocycles. The van der Waals surface area contributed by atoms with Crippen LogP contribution in [0.5, 0.6) is 0 Å². The monoisotopic (exact) mass is 209 g/mol. The molecule has 1 aromatic heterocycles. The highest BCUT2D eigenvalue weighted by Gasteiger charge is 2.19. The molecule has 2 rings (SSSR count). The highest BCUT2D eigenvalue weighted by atomic mass is 16.5. The van der Waals surface area contributed by atoms with Crippen LogP contribution in [0.25, 0.3) is 0 Å². The number of hydrogen-bond acceptors (Lipinski definition) is 3. The van der Waals surface area contributed by atoms with Gasteiger partial charge < -0.3 is 15.0 Å². The average molecular weight is 209 g/mol. The fourth-order valence-corrected chi connectivity index (χ4v) is 2.01. The maximum Gasteiger partial charge on any atom is 0.123 e. The maximum absolute atomic E-state index is 5.45. The highest BCUT2D eigenvalue weighted by Crippen LogP contribution is 2.15. The van der Waals surface area contributed by atoms with Gasteiger partial charge in [0.15, 0.2) is 0 Å². The Labute approximate surface area is 90.4 Å². The average Bonchev–Trinajstić information content (AvgIpc) is 2.81. The number of aromatic nitrogens is 2. The number of hydrogen-bond donors (Lipinski definition) is 2. The molecule has 0 saturated carbocycles. The topological polar surface area (TPSA) is 49.9 Å². The minimum absolute atomic E-state index is 0.326. The third-order valence-electron chi connectivity index (χ3n) is 2.85. The van der Waals surface area contributed by atoms with Gasteiger partial charge in [0.1, 0.15) is 5.82 Å². The van der Waals surface area contributed by atoms with Crippen molar-refractivity contribution in [3.8, 4) is 0 Å². The second kappa shape index (κ2) is 5.28. The van der Waals surface area contributed by atoms with Crippen LogP contribution in [0.1, 0.15) is 38.1 Å². The predicted octanol–water partition coefficient (Wildman–Crippen LogP) is 1.63. The van der Waals surface area contributed by atoms with Crippen molar-refractivity contribution >= 4 is 0 Å². The van der Waals surface area contributed by atoms with Gasteiger partial charge in [0, 0.05) is 25.0 Å². The molecule has 1 aliphatic rings. The molecule has 4 nitrogen and oxygen atoms in total. The lowest BCUT2D eigenvalue weighted by atomic mass is 10.1. The van der Waals surface area contributed by atoms with E-state index in [0.717, 1.165) is 31.9 Å². The molecule has 1 fully saturated rings. The Balaban J connectivity index is 1.90. The first-order valence-corrected chi connectivity index (χ1v) is 5.73. The number of nitrogens with zero attached hydrogens (tertiary/aromatic N) is 1. The molecule has 0 aromatic carbocycles. The Morgan fingerprint density at radius 3 is 3.27 bits per heavy atom. The fraction of sp³-hybridized carbons (Fsp3) is 0.727. The zero-order valence-electron chi connectivity index (χ0n) is 9.20. The molecule has 1 aliphatic heterocycles. The molecule has 1 saturated heterocycles. The second-order valence-corrected chi connectivity index (χ2v) is 4.02. The van der Waals surface area contributed by atoms with Crippen molar-refractivity contribution in [2.24, 2.45) is 0 Å². The first-order valence-electron chi connectivity index (χ1n) is 5.73. The van der Waals surface area contributed by atoms with Crippen molar-refractivity contribution in [2.75, 3.05) is 13.2 Å². The van der Waals surface area contributed by atoms with Crippen LogP contribution < -0.4 is 5.32 Å². The minimum Gasteiger partial charge on any atom is -0.380 e. The summed E-state index contributed by atoms with van der Waals surface area (Å²) in [5.41, 5.74) is 0. The van der Waals surface area contributed by atoms with Gasteiger partial charge in [-0.25, -0.2) is 4.98 Å². The fourth-order valence-electron chi connectivity index (χ4n) is 2.01. The lowest BCUT2D eigenvalue weighted by Crippen LogP contribution is -2.39. The van der Waals surface area contributed by atoms with E-state index in [-0.39, 0.29) is 0 Å². The molecule has 2 N–H and O–H groups in total.